The van der Waals surface area contributed by atoms with Crippen LogP contribution in [-0.2, 0) is 11.2 Å². The third kappa shape index (κ3) is 2.25. The first-order valence-corrected chi connectivity index (χ1v) is 5.45. The van der Waals surface area contributed by atoms with Gasteiger partial charge in [-0.05, 0) is 37.0 Å². The van der Waals surface area contributed by atoms with Gasteiger partial charge in [-0.15, -0.1) is 0 Å². The Balaban J connectivity index is 2.12. The molecule has 0 heterocycles. The summed E-state index contributed by atoms with van der Waals surface area (Å²) in [6.45, 7) is 0. The van der Waals surface area contributed by atoms with Gasteiger partial charge >= 0.3 is 0 Å². The Labute approximate surface area is 89.3 Å². The molecule has 2 rings (SSSR count). The van der Waals surface area contributed by atoms with Gasteiger partial charge in [0.25, 0.3) is 0 Å². The summed E-state index contributed by atoms with van der Waals surface area (Å²) in [5.41, 5.74) is 0.892. The van der Waals surface area contributed by atoms with Gasteiger partial charge in [0.05, 0.1) is 0 Å². The van der Waals surface area contributed by atoms with Gasteiger partial charge in [0.1, 0.15) is 12.1 Å². The maximum atomic E-state index is 12.7. The second-order valence-electron chi connectivity index (χ2n) is 4.49. The minimum absolute atomic E-state index is 0.169. The van der Waals surface area contributed by atoms with Crippen LogP contribution in [0.5, 0.6) is 0 Å². The van der Waals surface area contributed by atoms with Crippen molar-refractivity contribution in [2.24, 2.45) is 5.41 Å². The Morgan fingerprint density at radius 1 is 1.20 bits per heavy atom. The maximum absolute atomic E-state index is 12.7. The van der Waals surface area contributed by atoms with Gasteiger partial charge < -0.3 is 4.79 Å². The second-order valence-corrected chi connectivity index (χ2v) is 4.49. The fourth-order valence-electron chi connectivity index (χ4n) is 2.42. The van der Waals surface area contributed by atoms with E-state index in [0.29, 0.717) is 0 Å². The molecule has 0 aliphatic heterocycles. The van der Waals surface area contributed by atoms with E-state index < -0.39 is 0 Å². The van der Waals surface area contributed by atoms with E-state index in [1.54, 1.807) is 12.1 Å². The first-order chi connectivity index (χ1) is 7.24. The van der Waals surface area contributed by atoms with E-state index in [1.165, 1.54) is 12.1 Å². The quantitative estimate of drug-likeness (QED) is 0.694. The van der Waals surface area contributed by atoms with Crippen molar-refractivity contribution in [1.29, 1.82) is 0 Å². The Bertz CT molecular complexity index is 336. The second kappa shape index (κ2) is 4.13. The molecule has 1 aromatic rings. The highest BCUT2D eigenvalue weighted by molar-refractivity contribution is 5.60. The minimum atomic E-state index is -0.217. The highest BCUT2D eigenvalue weighted by atomic mass is 19.1. The Kier molecular flexibility index (Phi) is 2.85. The topological polar surface area (TPSA) is 17.1 Å². The number of aldehydes is 1. The Morgan fingerprint density at radius 2 is 1.80 bits per heavy atom. The summed E-state index contributed by atoms with van der Waals surface area (Å²) in [5.74, 6) is -0.217. The molecular formula is C13H15FO. The largest absolute Gasteiger partial charge is 0.303 e. The number of rotatable bonds is 3. The molecule has 0 bridgehead atoms. The van der Waals surface area contributed by atoms with Gasteiger partial charge in [0, 0.05) is 5.41 Å². The van der Waals surface area contributed by atoms with Crippen molar-refractivity contribution in [3.8, 4) is 0 Å². The average Bonchev–Trinajstić information content (AvgIpc) is 2.71. The van der Waals surface area contributed by atoms with Crippen LogP contribution in [0.25, 0.3) is 0 Å². The molecule has 0 N–H and O–H groups in total. The molecule has 0 unspecified atom stereocenters. The van der Waals surface area contributed by atoms with Crippen LogP contribution in [0.3, 0.4) is 0 Å². The number of benzene rings is 1. The Hall–Kier alpha value is -1.18. The van der Waals surface area contributed by atoms with Crippen LogP contribution in [0.15, 0.2) is 24.3 Å². The molecule has 0 spiro atoms. The molecule has 0 amide bonds. The van der Waals surface area contributed by atoms with Gasteiger partial charge in [0.2, 0.25) is 0 Å². The summed E-state index contributed by atoms with van der Waals surface area (Å²) in [6.07, 6.45) is 6.10. The molecule has 1 aliphatic carbocycles. The first kappa shape index (κ1) is 10.3. The lowest BCUT2D eigenvalue weighted by molar-refractivity contribution is -0.115. The van der Waals surface area contributed by atoms with Gasteiger partial charge in [0.15, 0.2) is 0 Å². The molecule has 1 aromatic carbocycles. The molecule has 1 fully saturated rings. The van der Waals surface area contributed by atoms with Gasteiger partial charge in [-0.2, -0.15) is 0 Å². The molecule has 0 atom stereocenters. The van der Waals surface area contributed by atoms with Crippen molar-refractivity contribution >= 4 is 6.29 Å². The van der Waals surface area contributed by atoms with Gasteiger partial charge in [-0.3, -0.25) is 0 Å². The standard InChI is InChI=1S/C13H15FO/c14-12-5-3-11(4-6-12)9-13(10-15)7-1-2-8-13/h3-6,10H,1-2,7-9H2. The molecular weight excluding hydrogens is 191 g/mol. The predicted octanol–water partition coefficient (Wildman–Crippen LogP) is 3.13. The summed E-state index contributed by atoms with van der Waals surface area (Å²) < 4.78 is 12.7. The zero-order chi connectivity index (χ0) is 10.7. The van der Waals surface area contributed by atoms with E-state index in [4.69, 9.17) is 0 Å². The SMILES string of the molecule is O=CC1(Cc2ccc(F)cc2)CCCC1. The predicted molar refractivity (Wildman–Crippen MR) is 57.1 cm³/mol. The lowest BCUT2D eigenvalue weighted by Gasteiger charge is -2.21. The van der Waals surface area contributed by atoms with E-state index in [9.17, 15) is 9.18 Å². The van der Waals surface area contributed by atoms with E-state index in [-0.39, 0.29) is 11.2 Å². The third-order valence-corrected chi connectivity index (χ3v) is 3.32. The van der Waals surface area contributed by atoms with Crippen LogP contribution in [-0.4, -0.2) is 6.29 Å². The zero-order valence-corrected chi connectivity index (χ0v) is 8.71. The highest BCUT2D eigenvalue weighted by Gasteiger charge is 2.33. The van der Waals surface area contributed by atoms with Crippen molar-refractivity contribution < 1.29 is 9.18 Å². The highest BCUT2D eigenvalue weighted by Crippen LogP contribution is 2.38. The number of carbonyl (C=O) groups excluding carboxylic acids is 1. The van der Waals surface area contributed by atoms with Crippen molar-refractivity contribution in [3.05, 3.63) is 35.6 Å². The summed E-state index contributed by atoms with van der Waals surface area (Å²) in [4.78, 5) is 11.1. The van der Waals surface area contributed by atoms with Crippen LogP contribution < -0.4 is 0 Å². The van der Waals surface area contributed by atoms with Crippen LogP contribution in [0.4, 0.5) is 4.39 Å². The average molecular weight is 206 g/mol. The smallest absolute Gasteiger partial charge is 0.126 e. The Morgan fingerprint density at radius 3 is 2.33 bits per heavy atom. The zero-order valence-electron chi connectivity index (χ0n) is 8.71. The van der Waals surface area contributed by atoms with E-state index >= 15 is 0 Å². The normalized spacial score (nSPS) is 19.0. The fraction of sp³-hybridized carbons (Fsp3) is 0.462. The van der Waals surface area contributed by atoms with Gasteiger partial charge in [-0.1, -0.05) is 25.0 Å². The molecule has 1 aliphatic rings. The number of halogens is 1. The molecule has 1 nitrogen and oxygen atoms in total. The van der Waals surface area contributed by atoms with E-state index in [2.05, 4.69) is 0 Å². The van der Waals surface area contributed by atoms with E-state index in [0.717, 1.165) is 44.0 Å². The van der Waals surface area contributed by atoms with E-state index in [1.807, 2.05) is 0 Å². The maximum Gasteiger partial charge on any atom is 0.126 e. The van der Waals surface area contributed by atoms with Gasteiger partial charge in [-0.25, -0.2) is 4.39 Å². The monoisotopic (exact) mass is 206 g/mol. The summed E-state index contributed by atoms with van der Waals surface area (Å²) in [5, 5.41) is 0. The molecule has 1 saturated carbocycles. The van der Waals surface area contributed by atoms with Crippen molar-refractivity contribution in [3.63, 3.8) is 0 Å². The lowest BCUT2D eigenvalue weighted by atomic mass is 9.81. The van der Waals surface area contributed by atoms with Crippen molar-refractivity contribution in [2.75, 3.05) is 0 Å². The van der Waals surface area contributed by atoms with Crippen LogP contribution in [0.2, 0.25) is 0 Å². The molecule has 0 radical (unpaired) electrons. The molecule has 15 heavy (non-hydrogen) atoms. The molecule has 0 saturated heterocycles. The minimum Gasteiger partial charge on any atom is -0.303 e. The van der Waals surface area contributed by atoms with Crippen LogP contribution in [0.1, 0.15) is 31.2 Å². The lowest BCUT2D eigenvalue weighted by Crippen LogP contribution is -2.21. The molecule has 0 aromatic heterocycles. The van der Waals surface area contributed by atoms with Crippen molar-refractivity contribution in [1.82, 2.24) is 0 Å². The summed E-state index contributed by atoms with van der Waals surface area (Å²) in [6, 6.07) is 6.48. The van der Waals surface area contributed by atoms with Crippen LogP contribution in [0, 0.1) is 11.2 Å². The molecule has 2 heteroatoms. The van der Waals surface area contributed by atoms with Crippen molar-refractivity contribution in [2.45, 2.75) is 32.1 Å². The number of hydrogen-bond donors (Lipinski definition) is 0. The summed E-state index contributed by atoms with van der Waals surface area (Å²) >= 11 is 0. The number of carbonyl (C=O) groups is 1. The van der Waals surface area contributed by atoms with Crippen LogP contribution >= 0.6 is 0 Å². The first-order valence-electron chi connectivity index (χ1n) is 5.45. The fourth-order valence-corrected chi connectivity index (χ4v) is 2.42. The molecule has 80 valence electrons. The summed E-state index contributed by atoms with van der Waals surface area (Å²) in [7, 11) is 0. The third-order valence-electron chi connectivity index (χ3n) is 3.32. The number of hydrogen-bond acceptors (Lipinski definition) is 1.